The Morgan fingerprint density at radius 1 is 1.22 bits per heavy atom. The molecule has 1 amide bonds. The summed E-state index contributed by atoms with van der Waals surface area (Å²) in [6.45, 7) is 17.2. The van der Waals surface area contributed by atoms with E-state index in [0.717, 1.165) is 0 Å². The molecule has 1 heterocycles. The summed E-state index contributed by atoms with van der Waals surface area (Å²) in [5, 5.41) is 0.0996. The maximum Gasteiger partial charge on any atom is 0.410 e. The van der Waals surface area contributed by atoms with Crippen LogP contribution in [0.2, 0.25) is 18.1 Å². The highest BCUT2D eigenvalue weighted by Gasteiger charge is 2.40. The number of ether oxygens (including phenoxy) is 1. The van der Waals surface area contributed by atoms with Gasteiger partial charge in [0.25, 0.3) is 0 Å². The average Bonchev–Trinajstić information content (AvgIpc) is 2.32. The highest BCUT2D eigenvalue weighted by molar-refractivity contribution is 6.74. The number of ketones is 1. The van der Waals surface area contributed by atoms with E-state index in [2.05, 4.69) is 33.9 Å². The number of nitrogens with zero attached hydrogens (tertiary/aromatic N) is 1. The van der Waals surface area contributed by atoms with Crippen molar-refractivity contribution in [2.75, 3.05) is 13.2 Å². The van der Waals surface area contributed by atoms with Gasteiger partial charge in [-0.05, 0) is 38.9 Å². The molecule has 0 aliphatic carbocycles. The molecule has 1 saturated heterocycles. The van der Waals surface area contributed by atoms with E-state index in [0.29, 0.717) is 26.0 Å². The predicted octanol–water partition coefficient (Wildman–Crippen LogP) is 3.98. The summed E-state index contributed by atoms with van der Waals surface area (Å²) in [6, 6.07) is -0.222. The minimum atomic E-state index is -1.91. The van der Waals surface area contributed by atoms with E-state index in [4.69, 9.17) is 9.16 Å². The quantitative estimate of drug-likeness (QED) is 0.727. The number of carbonyl (C=O) groups is 2. The van der Waals surface area contributed by atoms with Crippen LogP contribution >= 0.6 is 0 Å². The summed E-state index contributed by atoms with van der Waals surface area (Å²) in [5.41, 5.74) is -0.538. The molecular weight excluding hydrogens is 310 g/mol. The smallest absolute Gasteiger partial charge is 0.410 e. The van der Waals surface area contributed by atoms with Gasteiger partial charge in [0.15, 0.2) is 8.32 Å². The number of piperidine rings is 1. The molecular formula is C17H33NO4Si. The molecule has 6 heteroatoms. The van der Waals surface area contributed by atoms with E-state index in [9.17, 15) is 9.59 Å². The summed E-state index contributed by atoms with van der Waals surface area (Å²) in [4.78, 5) is 25.9. The number of hydrogen-bond donors (Lipinski definition) is 0. The van der Waals surface area contributed by atoms with E-state index in [-0.39, 0.29) is 23.0 Å². The van der Waals surface area contributed by atoms with Gasteiger partial charge in [-0.1, -0.05) is 20.8 Å². The van der Waals surface area contributed by atoms with Gasteiger partial charge in [-0.25, -0.2) is 4.79 Å². The van der Waals surface area contributed by atoms with Crippen molar-refractivity contribution in [1.82, 2.24) is 4.90 Å². The summed E-state index contributed by atoms with van der Waals surface area (Å²) in [6.07, 6.45) is 0.401. The second-order valence-corrected chi connectivity index (χ2v) is 13.7. The first-order chi connectivity index (χ1) is 10.2. The molecule has 0 N–H and O–H groups in total. The lowest BCUT2D eigenvalue weighted by Gasteiger charge is -2.40. The first-order valence-electron chi connectivity index (χ1n) is 8.38. The fraction of sp³-hybridized carbons (Fsp3) is 0.882. The van der Waals surface area contributed by atoms with Gasteiger partial charge < -0.3 is 14.1 Å². The maximum absolute atomic E-state index is 12.4. The van der Waals surface area contributed by atoms with Crippen molar-refractivity contribution in [3.8, 4) is 0 Å². The Bertz CT molecular complexity index is 448. The van der Waals surface area contributed by atoms with E-state index >= 15 is 0 Å². The summed E-state index contributed by atoms with van der Waals surface area (Å²) in [5.74, 6) is 0.189. The SMILES string of the molecule is CC(C)(C)OC(=O)N1CCC(=O)CC1CO[Si](C)(C)C(C)(C)C. The number of carbonyl (C=O) groups excluding carboxylic acids is 2. The topological polar surface area (TPSA) is 55.8 Å². The molecule has 1 atom stereocenters. The van der Waals surface area contributed by atoms with Crippen molar-refractivity contribution in [2.24, 2.45) is 0 Å². The Kier molecular flexibility index (Phi) is 6.07. The molecule has 1 fully saturated rings. The lowest BCUT2D eigenvalue weighted by Crippen LogP contribution is -2.52. The van der Waals surface area contributed by atoms with Gasteiger partial charge in [0, 0.05) is 19.4 Å². The Morgan fingerprint density at radius 2 is 1.78 bits per heavy atom. The van der Waals surface area contributed by atoms with Gasteiger partial charge in [-0.15, -0.1) is 0 Å². The second-order valence-electron chi connectivity index (χ2n) is 8.89. The van der Waals surface area contributed by atoms with E-state index < -0.39 is 13.9 Å². The second kappa shape index (κ2) is 6.93. The molecule has 0 aromatic carbocycles. The Labute approximate surface area is 141 Å². The minimum absolute atomic E-state index is 0.0996. The van der Waals surface area contributed by atoms with Crippen molar-refractivity contribution < 1.29 is 18.8 Å². The molecule has 1 aliphatic heterocycles. The monoisotopic (exact) mass is 343 g/mol. The zero-order valence-electron chi connectivity index (χ0n) is 16.0. The van der Waals surface area contributed by atoms with Gasteiger partial charge in [0.1, 0.15) is 11.4 Å². The van der Waals surface area contributed by atoms with E-state index in [1.807, 2.05) is 20.8 Å². The van der Waals surface area contributed by atoms with E-state index in [1.54, 1.807) is 4.90 Å². The molecule has 0 aromatic heterocycles. The van der Waals surface area contributed by atoms with Gasteiger partial charge in [-0.3, -0.25) is 4.79 Å². The fourth-order valence-corrected chi connectivity index (χ4v) is 3.18. The van der Waals surface area contributed by atoms with Crippen molar-refractivity contribution in [2.45, 2.75) is 84.2 Å². The third-order valence-electron chi connectivity index (χ3n) is 4.61. The van der Waals surface area contributed by atoms with Crippen LogP contribution in [0.4, 0.5) is 4.79 Å². The van der Waals surface area contributed by atoms with Gasteiger partial charge >= 0.3 is 6.09 Å². The van der Waals surface area contributed by atoms with Gasteiger partial charge in [-0.2, -0.15) is 0 Å². The predicted molar refractivity (Wildman–Crippen MR) is 94.1 cm³/mol. The van der Waals surface area contributed by atoms with Crippen molar-refractivity contribution in [3.05, 3.63) is 0 Å². The molecule has 0 spiro atoms. The van der Waals surface area contributed by atoms with Crippen molar-refractivity contribution in [1.29, 1.82) is 0 Å². The normalized spacial score (nSPS) is 20.6. The van der Waals surface area contributed by atoms with Crippen LogP contribution in [0.5, 0.6) is 0 Å². The van der Waals surface area contributed by atoms with Crippen LogP contribution < -0.4 is 0 Å². The third kappa shape index (κ3) is 5.92. The molecule has 5 nitrogen and oxygen atoms in total. The van der Waals surface area contributed by atoms with Crippen LogP contribution in [0.3, 0.4) is 0 Å². The van der Waals surface area contributed by atoms with Crippen molar-refractivity contribution in [3.63, 3.8) is 0 Å². The molecule has 0 bridgehead atoms. The summed E-state index contributed by atoms with van der Waals surface area (Å²) < 4.78 is 11.7. The van der Waals surface area contributed by atoms with Gasteiger partial charge in [0.05, 0.1) is 12.6 Å². The molecule has 1 rings (SSSR count). The summed E-state index contributed by atoms with van der Waals surface area (Å²) >= 11 is 0. The lowest BCUT2D eigenvalue weighted by molar-refractivity contribution is -0.123. The zero-order chi connectivity index (χ0) is 18.1. The number of likely N-dealkylation sites (tertiary alicyclic amines) is 1. The summed E-state index contributed by atoms with van der Waals surface area (Å²) in [7, 11) is -1.91. The Balaban J connectivity index is 2.78. The molecule has 0 radical (unpaired) electrons. The maximum atomic E-state index is 12.4. The Hall–Kier alpha value is -0.883. The van der Waals surface area contributed by atoms with Gasteiger partial charge in [0.2, 0.25) is 0 Å². The standard InChI is InChI=1S/C17H33NO4Si/c1-16(2,3)22-15(20)18-10-9-14(19)11-13(18)12-21-23(7,8)17(4,5)6/h13H,9-12H2,1-8H3. The highest BCUT2D eigenvalue weighted by Crippen LogP contribution is 2.37. The number of Topliss-reactive ketones (excluding diaryl/α,β-unsaturated/α-hetero) is 1. The number of hydrogen-bond acceptors (Lipinski definition) is 4. The minimum Gasteiger partial charge on any atom is -0.444 e. The van der Waals surface area contributed by atoms with Crippen molar-refractivity contribution >= 4 is 20.2 Å². The first-order valence-corrected chi connectivity index (χ1v) is 11.3. The highest BCUT2D eigenvalue weighted by atomic mass is 28.4. The molecule has 0 saturated carbocycles. The average molecular weight is 344 g/mol. The fourth-order valence-electron chi connectivity index (χ4n) is 2.13. The molecule has 0 aromatic rings. The first kappa shape index (κ1) is 20.2. The largest absolute Gasteiger partial charge is 0.444 e. The van der Waals surface area contributed by atoms with Crippen LogP contribution in [0.15, 0.2) is 0 Å². The van der Waals surface area contributed by atoms with Crippen LogP contribution in [-0.2, 0) is 14.0 Å². The van der Waals surface area contributed by atoms with E-state index in [1.165, 1.54) is 0 Å². The molecule has 23 heavy (non-hydrogen) atoms. The van der Waals surface area contributed by atoms with Crippen LogP contribution in [0, 0.1) is 0 Å². The third-order valence-corrected chi connectivity index (χ3v) is 9.11. The zero-order valence-corrected chi connectivity index (χ0v) is 17.0. The Morgan fingerprint density at radius 3 is 2.26 bits per heavy atom. The molecule has 1 aliphatic rings. The van der Waals surface area contributed by atoms with Crippen LogP contribution in [0.25, 0.3) is 0 Å². The van der Waals surface area contributed by atoms with Crippen LogP contribution in [0.1, 0.15) is 54.4 Å². The molecule has 1 unspecified atom stereocenters. The lowest BCUT2D eigenvalue weighted by atomic mass is 10.0. The van der Waals surface area contributed by atoms with Crippen LogP contribution in [-0.4, -0.2) is 49.9 Å². The number of rotatable bonds is 3. The molecule has 134 valence electrons. The number of amides is 1.